The maximum absolute atomic E-state index is 12.2. The Morgan fingerprint density at radius 3 is 2.60 bits per heavy atom. The van der Waals surface area contributed by atoms with Crippen molar-refractivity contribution in [2.45, 2.75) is 45.6 Å². The van der Waals surface area contributed by atoms with Crippen molar-refractivity contribution in [3.63, 3.8) is 0 Å². The van der Waals surface area contributed by atoms with E-state index in [1.165, 1.54) is 16.9 Å². The first kappa shape index (κ1) is 19.4. The molecule has 0 saturated carbocycles. The van der Waals surface area contributed by atoms with Crippen molar-refractivity contribution in [1.82, 2.24) is 10.3 Å². The number of nitrogens with zero attached hydrogens (tertiary/aromatic N) is 1. The minimum Gasteiger partial charge on any atom is -0.491 e. The third kappa shape index (κ3) is 5.83. The van der Waals surface area contributed by atoms with Crippen LogP contribution < -0.4 is 15.8 Å². The second-order valence-corrected chi connectivity index (χ2v) is 8.07. The fraction of sp³-hybridized carbons (Fsp3) is 0.474. The zero-order chi connectivity index (χ0) is 18.4. The van der Waals surface area contributed by atoms with E-state index in [1.807, 2.05) is 19.1 Å². The van der Waals surface area contributed by atoms with Crippen LogP contribution in [0.25, 0.3) is 0 Å². The van der Waals surface area contributed by atoms with Gasteiger partial charge >= 0.3 is 0 Å². The van der Waals surface area contributed by atoms with Gasteiger partial charge in [0, 0.05) is 11.8 Å². The van der Waals surface area contributed by atoms with Gasteiger partial charge in [-0.2, -0.15) is 0 Å². The molecular weight excluding hydrogens is 334 g/mol. The van der Waals surface area contributed by atoms with Gasteiger partial charge in [-0.05, 0) is 36.6 Å². The lowest BCUT2D eigenvalue weighted by molar-refractivity contribution is 0.0922. The molecule has 0 radical (unpaired) electrons. The van der Waals surface area contributed by atoms with Crippen molar-refractivity contribution in [1.29, 1.82) is 0 Å². The van der Waals surface area contributed by atoms with Gasteiger partial charge in [0.25, 0.3) is 5.91 Å². The minimum atomic E-state index is -0.182. The standard InChI is InChI=1S/C19H27N3O2S/c1-13(21-18(23)16-12-25-17(22-16)9-10-20)11-24-15-7-5-14(6-8-15)19(2,3)4/h5-8,12-13H,9-11,20H2,1-4H3,(H,21,23). The van der Waals surface area contributed by atoms with E-state index in [0.29, 0.717) is 25.3 Å². The van der Waals surface area contributed by atoms with Crippen molar-refractivity contribution >= 4 is 17.2 Å². The Hall–Kier alpha value is -1.92. The first-order valence-electron chi connectivity index (χ1n) is 8.48. The number of carbonyl (C=O) groups is 1. The van der Waals surface area contributed by atoms with E-state index >= 15 is 0 Å². The molecular formula is C19H27N3O2S. The molecule has 6 heteroatoms. The average Bonchev–Trinajstić information content (AvgIpc) is 3.02. The summed E-state index contributed by atoms with van der Waals surface area (Å²) in [6.07, 6.45) is 0.696. The zero-order valence-corrected chi connectivity index (χ0v) is 16.2. The van der Waals surface area contributed by atoms with Crippen molar-refractivity contribution in [2.75, 3.05) is 13.2 Å². The Labute approximate surface area is 153 Å². The highest BCUT2D eigenvalue weighted by molar-refractivity contribution is 7.09. The lowest BCUT2D eigenvalue weighted by atomic mass is 9.87. The third-order valence-electron chi connectivity index (χ3n) is 3.74. The van der Waals surface area contributed by atoms with Gasteiger partial charge in [0.15, 0.2) is 0 Å². The normalized spacial score (nSPS) is 12.7. The molecule has 0 aliphatic rings. The lowest BCUT2D eigenvalue weighted by Crippen LogP contribution is -2.37. The third-order valence-corrected chi connectivity index (χ3v) is 4.65. The van der Waals surface area contributed by atoms with Crippen LogP contribution >= 0.6 is 11.3 Å². The fourth-order valence-corrected chi connectivity index (χ4v) is 3.06. The van der Waals surface area contributed by atoms with E-state index in [0.717, 1.165) is 10.8 Å². The summed E-state index contributed by atoms with van der Waals surface area (Å²) in [5, 5.41) is 5.55. The van der Waals surface area contributed by atoms with Gasteiger partial charge in [-0.3, -0.25) is 4.79 Å². The van der Waals surface area contributed by atoms with Crippen LogP contribution in [0.2, 0.25) is 0 Å². The number of amides is 1. The van der Waals surface area contributed by atoms with E-state index in [1.54, 1.807) is 5.38 Å². The number of nitrogens with one attached hydrogen (secondary N) is 1. The monoisotopic (exact) mass is 361 g/mol. The molecule has 0 spiro atoms. The maximum atomic E-state index is 12.2. The maximum Gasteiger partial charge on any atom is 0.271 e. The molecule has 1 heterocycles. The van der Waals surface area contributed by atoms with Crippen LogP contribution in [0.3, 0.4) is 0 Å². The van der Waals surface area contributed by atoms with Crippen LogP contribution in [-0.4, -0.2) is 30.1 Å². The summed E-state index contributed by atoms with van der Waals surface area (Å²) in [7, 11) is 0. The highest BCUT2D eigenvalue weighted by Crippen LogP contribution is 2.24. The highest BCUT2D eigenvalue weighted by Gasteiger charge is 2.15. The summed E-state index contributed by atoms with van der Waals surface area (Å²) in [6.45, 7) is 9.38. The second kappa shape index (κ2) is 8.45. The molecule has 2 rings (SSSR count). The molecule has 1 aromatic heterocycles. The largest absolute Gasteiger partial charge is 0.491 e. The van der Waals surface area contributed by atoms with Gasteiger partial charge in [0.1, 0.15) is 18.1 Å². The van der Waals surface area contributed by atoms with Gasteiger partial charge in [-0.1, -0.05) is 32.9 Å². The predicted molar refractivity (Wildman–Crippen MR) is 102 cm³/mol. The number of aromatic nitrogens is 1. The first-order valence-corrected chi connectivity index (χ1v) is 9.36. The predicted octanol–water partition coefficient (Wildman–Crippen LogP) is 3.14. The number of hydrogen-bond donors (Lipinski definition) is 2. The SMILES string of the molecule is CC(COc1ccc(C(C)(C)C)cc1)NC(=O)c1csc(CCN)n1. The molecule has 1 aromatic carbocycles. The first-order chi connectivity index (χ1) is 11.8. The van der Waals surface area contributed by atoms with E-state index in [9.17, 15) is 4.79 Å². The number of nitrogens with two attached hydrogens (primary N) is 1. The number of rotatable bonds is 7. The van der Waals surface area contributed by atoms with E-state index in [2.05, 4.69) is 43.2 Å². The van der Waals surface area contributed by atoms with Crippen molar-refractivity contribution in [2.24, 2.45) is 5.73 Å². The summed E-state index contributed by atoms with van der Waals surface area (Å²) in [5.74, 6) is 0.617. The fourth-order valence-electron chi connectivity index (χ4n) is 2.27. The molecule has 3 N–H and O–H groups in total. The number of thiazole rings is 1. The molecule has 2 aromatic rings. The summed E-state index contributed by atoms with van der Waals surface area (Å²) >= 11 is 1.46. The Morgan fingerprint density at radius 1 is 1.32 bits per heavy atom. The van der Waals surface area contributed by atoms with Crippen LogP contribution in [0.1, 0.15) is 48.8 Å². The molecule has 0 aliphatic heterocycles. The van der Waals surface area contributed by atoms with Crippen molar-refractivity contribution < 1.29 is 9.53 Å². The van der Waals surface area contributed by atoms with Crippen LogP contribution in [0, 0.1) is 0 Å². The average molecular weight is 362 g/mol. The summed E-state index contributed by atoms with van der Waals surface area (Å²) in [4.78, 5) is 16.5. The van der Waals surface area contributed by atoms with Gasteiger partial charge in [-0.25, -0.2) is 4.98 Å². The minimum absolute atomic E-state index is 0.116. The van der Waals surface area contributed by atoms with E-state index in [-0.39, 0.29) is 17.4 Å². The summed E-state index contributed by atoms with van der Waals surface area (Å²) in [5.41, 5.74) is 7.33. The van der Waals surface area contributed by atoms with Crippen molar-refractivity contribution in [3.05, 3.63) is 45.9 Å². The summed E-state index contributed by atoms with van der Waals surface area (Å²) < 4.78 is 5.77. The van der Waals surface area contributed by atoms with E-state index < -0.39 is 0 Å². The van der Waals surface area contributed by atoms with Gasteiger partial charge in [0.2, 0.25) is 0 Å². The zero-order valence-electron chi connectivity index (χ0n) is 15.3. The highest BCUT2D eigenvalue weighted by atomic mass is 32.1. The van der Waals surface area contributed by atoms with Crippen molar-refractivity contribution in [3.8, 4) is 5.75 Å². The molecule has 0 fully saturated rings. The molecule has 1 atom stereocenters. The molecule has 1 amide bonds. The van der Waals surface area contributed by atoms with Crippen LogP contribution in [-0.2, 0) is 11.8 Å². The topological polar surface area (TPSA) is 77.2 Å². The van der Waals surface area contributed by atoms with Gasteiger partial charge < -0.3 is 15.8 Å². The van der Waals surface area contributed by atoms with E-state index in [4.69, 9.17) is 10.5 Å². The molecule has 5 nitrogen and oxygen atoms in total. The summed E-state index contributed by atoms with van der Waals surface area (Å²) in [6, 6.07) is 7.97. The molecule has 25 heavy (non-hydrogen) atoms. The van der Waals surface area contributed by atoms with Crippen LogP contribution in [0.15, 0.2) is 29.6 Å². The molecule has 0 aliphatic carbocycles. The smallest absolute Gasteiger partial charge is 0.271 e. The second-order valence-electron chi connectivity index (χ2n) is 7.13. The number of hydrogen-bond acceptors (Lipinski definition) is 5. The van der Waals surface area contributed by atoms with Gasteiger partial charge in [-0.15, -0.1) is 11.3 Å². The molecule has 1 unspecified atom stereocenters. The Balaban J connectivity index is 1.83. The van der Waals surface area contributed by atoms with Crippen LogP contribution in [0.5, 0.6) is 5.75 Å². The quantitative estimate of drug-likeness (QED) is 0.794. The van der Waals surface area contributed by atoms with Gasteiger partial charge in [0.05, 0.1) is 11.0 Å². The number of ether oxygens (including phenoxy) is 1. The molecule has 0 saturated heterocycles. The molecule has 0 bridgehead atoms. The number of benzene rings is 1. The Morgan fingerprint density at radius 2 is 2.00 bits per heavy atom. The lowest BCUT2D eigenvalue weighted by Gasteiger charge is -2.19. The Kier molecular flexibility index (Phi) is 6.56. The number of carbonyl (C=O) groups excluding carboxylic acids is 1. The Bertz CT molecular complexity index is 689. The van der Waals surface area contributed by atoms with Crippen LogP contribution in [0.4, 0.5) is 0 Å². The molecule has 136 valence electrons.